The van der Waals surface area contributed by atoms with Crippen molar-refractivity contribution in [1.82, 2.24) is 10.3 Å². The van der Waals surface area contributed by atoms with Gasteiger partial charge in [-0.3, -0.25) is 4.79 Å². The lowest BCUT2D eigenvalue weighted by Crippen LogP contribution is -2.22. The van der Waals surface area contributed by atoms with Gasteiger partial charge in [0.2, 0.25) is 0 Å². The number of carbonyl (C=O) groups excluding carboxylic acids is 1. The summed E-state index contributed by atoms with van der Waals surface area (Å²) in [6, 6.07) is 11.0. The molecule has 0 unspecified atom stereocenters. The van der Waals surface area contributed by atoms with Crippen molar-refractivity contribution in [2.45, 2.75) is 13.5 Å². The zero-order valence-corrected chi connectivity index (χ0v) is 16.0. The Bertz CT molecular complexity index is 944. The van der Waals surface area contributed by atoms with Crippen molar-refractivity contribution in [2.24, 2.45) is 0 Å². The molecule has 2 aromatic carbocycles. The van der Waals surface area contributed by atoms with Gasteiger partial charge in [-0.1, -0.05) is 40.6 Å². The Morgan fingerprint density at radius 2 is 1.92 bits per heavy atom. The number of rotatable bonds is 5. The molecule has 0 radical (unpaired) electrons. The molecule has 2 N–H and O–H groups in total. The average Bonchev–Trinajstić information content (AvgIpc) is 2.96. The molecule has 134 valence electrons. The summed E-state index contributed by atoms with van der Waals surface area (Å²) in [5.41, 5.74) is 2.08. The second kappa shape index (κ2) is 8.03. The molecule has 4 nitrogen and oxygen atoms in total. The molecule has 1 heterocycles. The molecule has 3 aromatic rings. The highest BCUT2D eigenvalue weighted by atomic mass is 35.5. The van der Waals surface area contributed by atoms with Crippen LogP contribution in [0.15, 0.2) is 42.5 Å². The Hall–Kier alpha value is -2.15. The van der Waals surface area contributed by atoms with Crippen LogP contribution in [0.2, 0.25) is 10.0 Å². The number of thiazole rings is 1. The number of nitrogens with one attached hydrogen (secondary N) is 2. The monoisotopic (exact) mass is 409 g/mol. The topological polar surface area (TPSA) is 54.0 Å². The van der Waals surface area contributed by atoms with Crippen LogP contribution in [0.5, 0.6) is 0 Å². The predicted octanol–water partition coefficient (Wildman–Crippen LogP) is 5.57. The SMILES string of the molecule is Cc1nc(Nc2ccc(F)cc2)sc1C(=O)NCc1ccc(Cl)cc1Cl. The fourth-order valence-electron chi connectivity index (χ4n) is 2.24. The average molecular weight is 410 g/mol. The minimum Gasteiger partial charge on any atom is -0.347 e. The van der Waals surface area contributed by atoms with E-state index in [1.807, 2.05) is 0 Å². The molecule has 1 aromatic heterocycles. The third-order valence-corrected chi connectivity index (χ3v) is 5.21. The molecule has 0 aliphatic rings. The van der Waals surface area contributed by atoms with Crippen molar-refractivity contribution in [3.8, 4) is 0 Å². The van der Waals surface area contributed by atoms with Gasteiger partial charge in [-0.2, -0.15) is 0 Å². The van der Waals surface area contributed by atoms with Gasteiger partial charge in [0.15, 0.2) is 5.13 Å². The summed E-state index contributed by atoms with van der Waals surface area (Å²) >= 11 is 13.2. The van der Waals surface area contributed by atoms with Crippen LogP contribution in [-0.4, -0.2) is 10.9 Å². The number of aromatic nitrogens is 1. The van der Waals surface area contributed by atoms with Crippen molar-refractivity contribution < 1.29 is 9.18 Å². The largest absolute Gasteiger partial charge is 0.347 e. The van der Waals surface area contributed by atoms with Crippen LogP contribution in [0.3, 0.4) is 0 Å². The van der Waals surface area contributed by atoms with Crippen molar-refractivity contribution in [2.75, 3.05) is 5.32 Å². The molecule has 3 rings (SSSR count). The minimum absolute atomic E-state index is 0.238. The highest BCUT2D eigenvalue weighted by Crippen LogP contribution is 2.26. The first-order valence-electron chi connectivity index (χ1n) is 7.64. The molecular weight excluding hydrogens is 396 g/mol. The van der Waals surface area contributed by atoms with E-state index in [0.717, 1.165) is 5.56 Å². The molecular formula is C18H14Cl2FN3OS. The first-order valence-corrected chi connectivity index (χ1v) is 9.22. The van der Waals surface area contributed by atoms with Gasteiger partial charge >= 0.3 is 0 Å². The maximum atomic E-state index is 13.0. The van der Waals surface area contributed by atoms with E-state index in [0.29, 0.717) is 31.4 Å². The second-order valence-corrected chi connectivity index (χ2v) is 7.33. The van der Waals surface area contributed by atoms with Gasteiger partial charge in [-0.25, -0.2) is 9.37 Å². The summed E-state index contributed by atoms with van der Waals surface area (Å²) in [7, 11) is 0. The lowest BCUT2D eigenvalue weighted by atomic mass is 10.2. The maximum absolute atomic E-state index is 13.0. The number of benzene rings is 2. The van der Waals surface area contributed by atoms with E-state index in [-0.39, 0.29) is 18.3 Å². The van der Waals surface area contributed by atoms with Gasteiger partial charge in [0, 0.05) is 22.3 Å². The Labute approximate surface area is 164 Å². The first-order chi connectivity index (χ1) is 12.4. The van der Waals surface area contributed by atoms with Gasteiger partial charge in [-0.15, -0.1) is 0 Å². The first kappa shape index (κ1) is 18.6. The Morgan fingerprint density at radius 3 is 2.62 bits per heavy atom. The highest BCUT2D eigenvalue weighted by Gasteiger charge is 2.16. The van der Waals surface area contributed by atoms with E-state index in [9.17, 15) is 9.18 Å². The molecule has 0 saturated carbocycles. The third kappa shape index (κ3) is 4.52. The van der Waals surface area contributed by atoms with Crippen LogP contribution in [-0.2, 0) is 6.54 Å². The molecule has 26 heavy (non-hydrogen) atoms. The van der Waals surface area contributed by atoms with Gasteiger partial charge in [-0.05, 0) is 48.9 Å². The van der Waals surface area contributed by atoms with Crippen molar-refractivity contribution >= 4 is 51.3 Å². The normalized spacial score (nSPS) is 10.6. The molecule has 0 bridgehead atoms. The number of hydrogen-bond donors (Lipinski definition) is 2. The smallest absolute Gasteiger partial charge is 0.263 e. The molecule has 8 heteroatoms. The summed E-state index contributed by atoms with van der Waals surface area (Å²) in [5, 5.41) is 7.49. The molecule has 0 aliphatic carbocycles. The summed E-state index contributed by atoms with van der Waals surface area (Å²) in [6.07, 6.45) is 0. The Morgan fingerprint density at radius 1 is 1.19 bits per heavy atom. The third-order valence-electron chi connectivity index (χ3n) is 3.55. The molecule has 0 spiro atoms. The predicted molar refractivity (Wildman–Crippen MR) is 104 cm³/mol. The number of amides is 1. The van der Waals surface area contributed by atoms with E-state index < -0.39 is 0 Å². The maximum Gasteiger partial charge on any atom is 0.263 e. The van der Waals surface area contributed by atoms with Gasteiger partial charge in [0.05, 0.1) is 5.69 Å². The van der Waals surface area contributed by atoms with Crippen molar-refractivity contribution in [3.05, 3.63) is 74.5 Å². The van der Waals surface area contributed by atoms with E-state index in [1.54, 1.807) is 37.3 Å². The van der Waals surface area contributed by atoms with Crippen molar-refractivity contribution in [1.29, 1.82) is 0 Å². The van der Waals surface area contributed by atoms with Gasteiger partial charge < -0.3 is 10.6 Å². The zero-order chi connectivity index (χ0) is 18.7. The fourth-order valence-corrected chi connectivity index (χ4v) is 3.62. The molecule has 0 atom stereocenters. The standard InChI is InChI=1S/C18H14Cl2FN3OS/c1-10-16(17(25)22-9-11-2-3-12(19)8-15(11)20)26-18(23-10)24-14-6-4-13(21)5-7-14/h2-8H,9H2,1H3,(H,22,25)(H,23,24). The molecule has 0 fully saturated rings. The van der Waals surface area contributed by atoms with Crippen LogP contribution in [0, 0.1) is 12.7 Å². The van der Waals surface area contributed by atoms with Crippen LogP contribution >= 0.6 is 34.5 Å². The summed E-state index contributed by atoms with van der Waals surface area (Å²) in [5.74, 6) is -0.551. The van der Waals surface area contributed by atoms with Gasteiger partial charge in [0.25, 0.3) is 5.91 Å². The van der Waals surface area contributed by atoms with Crippen LogP contribution in [0.25, 0.3) is 0 Å². The lowest BCUT2D eigenvalue weighted by molar-refractivity contribution is 0.0954. The Kier molecular flexibility index (Phi) is 5.76. The number of nitrogens with zero attached hydrogens (tertiary/aromatic N) is 1. The van der Waals surface area contributed by atoms with Crippen molar-refractivity contribution in [3.63, 3.8) is 0 Å². The number of halogens is 3. The highest BCUT2D eigenvalue weighted by molar-refractivity contribution is 7.17. The van der Waals surface area contributed by atoms with Crippen LogP contribution in [0.1, 0.15) is 20.9 Å². The lowest BCUT2D eigenvalue weighted by Gasteiger charge is -2.06. The molecule has 0 saturated heterocycles. The van der Waals surface area contributed by atoms with E-state index >= 15 is 0 Å². The number of hydrogen-bond acceptors (Lipinski definition) is 4. The van der Waals surface area contributed by atoms with Gasteiger partial charge in [0.1, 0.15) is 10.7 Å². The second-order valence-electron chi connectivity index (χ2n) is 5.48. The van der Waals surface area contributed by atoms with E-state index in [2.05, 4.69) is 15.6 Å². The zero-order valence-electron chi connectivity index (χ0n) is 13.6. The Balaban J connectivity index is 1.67. The fraction of sp³-hybridized carbons (Fsp3) is 0.111. The summed E-state index contributed by atoms with van der Waals surface area (Å²) < 4.78 is 13.0. The molecule has 0 aliphatic heterocycles. The number of anilines is 2. The number of carbonyl (C=O) groups is 1. The molecule has 1 amide bonds. The van der Waals surface area contributed by atoms with E-state index in [1.165, 1.54) is 23.5 Å². The summed E-state index contributed by atoms with van der Waals surface area (Å²) in [6.45, 7) is 2.05. The van der Waals surface area contributed by atoms with E-state index in [4.69, 9.17) is 23.2 Å². The summed E-state index contributed by atoms with van der Waals surface area (Å²) in [4.78, 5) is 17.3. The quantitative estimate of drug-likeness (QED) is 0.578. The van der Waals surface area contributed by atoms with Crippen LogP contribution < -0.4 is 10.6 Å². The minimum atomic E-state index is -0.313. The van der Waals surface area contributed by atoms with Crippen LogP contribution in [0.4, 0.5) is 15.2 Å². The number of aryl methyl sites for hydroxylation is 1.